The molecular formula is C45H33N3O2. The van der Waals surface area contributed by atoms with Crippen LogP contribution in [0.5, 0.6) is 0 Å². The van der Waals surface area contributed by atoms with E-state index in [0.717, 1.165) is 66.0 Å². The topological polar surface area (TPSA) is 65.0 Å². The molecule has 0 spiro atoms. The van der Waals surface area contributed by atoms with Crippen molar-refractivity contribution in [1.29, 1.82) is 0 Å². The highest BCUT2D eigenvalue weighted by molar-refractivity contribution is 6.12. The minimum absolute atomic E-state index is 0.590. The number of hydrogen-bond acceptors (Lipinski definition) is 5. The summed E-state index contributed by atoms with van der Waals surface area (Å²) < 4.78 is 12.2. The summed E-state index contributed by atoms with van der Waals surface area (Å²) >= 11 is 0. The van der Waals surface area contributed by atoms with Gasteiger partial charge in [0.1, 0.15) is 22.2 Å². The molecule has 0 aliphatic carbocycles. The Bertz CT molecular complexity index is 2700. The molecule has 5 aromatic carbocycles. The molecule has 3 aromatic heterocycles. The van der Waals surface area contributed by atoms with Crippen molar-refractivity contribution >= 4 is 57.2 Å². The fourth-order valence-corrected chi connectivity index (χ4v) is 6.33. The van der Waals surface area contributed by atoms with E-state index in [9.17, 15) is 0 Å². The number of rotatable bonds is 8. The molecule has 0 unspecified atom stereocenters. The second kappa shape index (κ2) is 13.5. The Morgan fingerprint density at radius 2 is 1.36 bits per heavy atom. The predicted octanol–water partition coefficient (Wildman–Crippen LogP) is 9.96. The predicted molar refractivity (Wildman–Crippen MR) is 205 cm³/mol. The van der Waals surface area contributed by atoms with Gasteiger partial charge >= 0.3 is 0 Å². The lowest BCUT2D eigenvalue weighted by atomic mass is 9.97. The van der Waals surface area contributed by atoms with E-state index in [0.29, 0.717) is 29.3 Å². The van der Waals surface area contributed by atoms with Gasteiger partial charge in [0.05, 0.1) is 0 Å². The van der Waals surface area contributed by atoms with Crippen molar-refractivity contribution in [3.63, 3.8) is 0 Å². The molecule has 0 saturated heterocycles. The van der Waals surface area contributed by atoms with E-state index in [1.165, 1.54) is 0 Å². The van der Waals surface area contributed by atoms with Gasteiger partial charge in [-0.15, -0.1) is 0 Å². The summed E-state index contributed by atoms with van der Waals surface area (Å²) in [6, 6.07) is 40.6. The molecular weight excluding hydrogens is 615 g/mol. The number of allylic oxidation sites excluding steroid dienone is 5. The smallest absolute Gasteiger partial charge is 0.165 e. The summed E-state index contributed by atoms with van der Waals surface area (Å²) in [6.07, 6.45) is 13.1. The Morgan fingerprint density at radius 1 is 0.680 bits per heavy atom. The highest BCUT2D eigenvalue weighted by Crippen LogP contribution is 2.39. The van der Waals surface area contributed by atoms with Gasteiger partial charge in [-0.3, -0.25) is 0 Å². The maximum absolute atomic E-state index is 6.36. The summed E-state index contributed by atoms with van der Waals surface area (Å²) in [7, 11) is 0. The van der Waals surface area contributed by atoms with Crippen LogP contribution in [0, 0.1) is 0 Å². The SMILES string of the molecule is C=c1oc2ccccc2/c1=C/C=C\Cc1ccc2oc3ccccc3c2c1-c1nc(C(/C=C\c2ccccc2)=C/C)nc(-c2ccccc2)n1. The Labute approximate surface area is 289 Å². The first kappa shape index (κ1) is 30.7. The standard InChI is InChI=1S/C45H33N3O2/c1-3-32(27-26-31-16-6-4-7-17-31)43-46-44(34-19-8-5-9-20-34)48-45(47-43)41-33(28-29-40-42(41)37-23-13-15-25-39(37)50-40)18-10-11-21-35-30(2)49-38-24-14-12-22-36(35)38/h3-17,19-29H,2,18H2,1H3/b11-10-,27-26-,32-3+,35-21+. The average Bonchev–Trinajstić information content (AvgIpc) is 3.70. The van der Waals surface area contributed by atoms with E-state index < -0.39 is 0 Å². The number of aromatic nitrogens is 3. The average molecular weight is 648 g/mol. The molecule has 8 aromatic rings. The third kappa shape index (κ3) is 5.97. The van der Waals surface area contributed by atoms with Crippen LogP contribution < -0.4 is 10.6 Å². The normalized spacial score (nSPS) is 12.7. The lowest BCUT2D eigenvalue weighted by molar-refractivity contribution is 0.577. The maximum atomic E-state index is 6.36. The molecule has 50 heavy (non-hydrogen) atoms. The first-order valence-corrected chi connectivity index (χ1v) is 16.6. The Hall–Kier alpha value is -6.59. The molecule has 0 radical (unpaired) electrons. The number of fused-ring (bicyclic) bond motifs is 4. The fourth-order valence-electron chi connectivity index (χ4n) is 6.33. The van der Waals surface area contributed by atoms with Crippen molar-refractivity contribution in [2.45, 2.75) is 13.3 Å². The van der Waals surface area contributed by atoms with E-state index >= 15 is 0 Å². The molecule has 3 heterocycles. The van der Waals surface area contributed by atoms with Crippen molar-refractivity contribution in [2.24, 2.45) is 0 Å². The third-order valence-electron chi connectivity index (χ3n) is 8.79. The molecule has 240 valence electrons. The second-order valence-corrected chi connectivity index (χ2v) is 12.0. The first-order valence-electron chi connectivity index (χ1n) is 16.6. The Morgan fingerprint density at radius 3 is 2.14 bits per heavy atom. The van der Waals surface area contributed by atoms with Crippen LogP contribution >= 0.6 is 0 Å². The number of nitrogens with zero attached hydrogens (tertiary/aromatic N) is 3. The number of para-hydroxylation sites is 2. The van der Waals surface area contributed by atoms with E-state index in [1.54, 1.807) is 0 Å². The second-order valence-electron chi connectivity index (χ2n) is 12.0. The van der Waals surface area contributed by atoms with Crippen LogP contribution in [0.15, 0.2) is 154 Å². The number of furan rings is 2. The van der Waals surface area contributed by atoms with Crippen molar-refractivity contribution in [1.82, 2.24) is 15.0 Å². The fraction of sp³-hybridized carbons (Fsp3) is 0.0444. The van der Waals surface area contributed by atoms with Crippen LogP contribution in [0.3, 0.4) is 0 Å². The summed E-state index contributed by atoms with van der Waals surface area (Å²) in [4.78, 5) is 15.4. The summed E-state index contributed by atoms with van der Waals surface area (Å²) in [5.41, 5.74) is 7.97. The van der Waals surface area contributed by atoms with Gasteiger partial charge in [0.2, 0.25) is 0 Å². The van der Waals surface area contributed by atoms with Gasteiger partial charge in [0.25, 0.3) is 0 Å². The third-order valence-corrected chi connectivity index (χ3v) is 8.79. The summed E-state index contributed by atoms with van der Waals surface area (Å²) in [5, 5.41) is 4.01. The highest BCUT2D eigenvalue weighted by Gasteiger charge is 2.20. The van der Waals surface area contributed by atoms with Gasteiger partial charge in [0.15, 0.2) is 17.5 Å². The van der Waals surface area contributed by atoms with Crippen molar-refractivity contribution in [3.05, 3.63) is 173 Å². The molecule has 0 aliphatic rings. The van der Waals surface area contributed by atoms with Gasteiger partial charge in [-0.1, -0.05) is 146 Å². The van der Waals surface area contributed by atoms with Crippen LogP contribution in [0.1, 0.15) is 23.9 Å². The monoisotopic (exact) mass is 647 g/mol. The zero-order valence-electron chi connectivity index (χ0n) is 27.6. The van der Waals surface area contributed by atoms with Gasteiger partial charge in [-0.2, -0.15) is 0 Å². The zero-order valence-corrected chi connectivity index (χ0v) is 27.6. The van der Waals surface area contributed by atoms with Crippen LogP contribution in [0.2, 0.25) is 0 Å². The van der Waals surface area contributed by atoms with Crippen LogP contribution in [-0.2, 0) is 6.42 Å². The summed E-state index contributed by atoms with van der Waals surface area (Å²) in [5.74, 6) is 1.79. The molecule has 0 fully saturated rings. The van der Waals surface area contributed by atoms with E-state index in [1.807, 2.05) is 104 Å². The van der Waals surface area contributed by atoms with Crippen molar-refractivity contribution in [2.75, 3.05) is 0 Å². The maximum Gasteiger partial charge on any atom is 0.165 e. The quantitative estimate of drug-likeness (QED) is 0.154. The molecule has 0 amide bonds. The Kier molecular flexibility index (Phi) is 8.29. The van der Waals surface area contributed by atoms with Gasteiger partial charge in [-0.25, -0.2) is 15.0 Å². The van der Waals surface area contributed by atoms with Crippen LogP contribution in [-0.4, -0.2) is 15.0 Å². The molecule has 0 saturated carbocycles. The lowest BCUT2D eigenvalue weighted by Gasteiger charge is -2.12. The Balaban J connectivity index is 1.30. The van der Waals surface area contributed by atoms with Gasteiger partial charge in [0, 0.05) is 38.1 Å². The van der Waals surface area contributed by atoms with Crippen molar-refractivity contribution in [3.8, 4) is 22.8 Å². The zero-order chi connectivity index (χ0) is 33.9. The molecule has 8 rings (SSSR count). The lowest BCUT2D eigenvalue weighted by Crippen LogP contribution is -2.17. The molecule has 0 bridgehead atoms. The number of benzene rings is 5. The minimum atomic E-state index is 0.590. The first-order chi connectivity index (χ1) is 24.7. The van der Waals surface area contributed by atoms with E-state index in [2.05, 4.69) is 67.3 Å². The summed E-state index contributed by atoms with van der Waals surface area (Å²) in [6.45, 7) is 6.13. The molecule has 0 N–H and O–H groups in total. The van der Waals surface area contributed by atoms with E-state index in [-0.39, 0.29) is 0 Å². The van der Waals surface area contributed by atoms with Crippen LogP contribution in [0.25, 0.3) is 80.0 Å². The molecule has 5 nitrogen and oxygen atoms in total. The van der Waals surface area contributed by atoms with Crippen LogP contribution in [0.4, 0.5) is 0 Å². The van der Waals surface area contributed by atoms with Gasteiger partial charge < -0.3 is 8.83 Å². The minimum Gasteiger partial charge on any atom is -0.457 e. The molecule has 0 atom stereocenters. The number of hydrogen-bond donors (Lipinski definition) is 0. The molecule has 5 heteroatoms. The largest absolute Gasteiger partial charge is 0.457 e. The van der Waals surface area contributed by atoms with E-state index in [4.69, 9.17) is 23.8 Å². The van der Waals surface area contributed by atoms with Crippen molar-refractivity contribution < 1.29 is 8.83 Å². The van der Waals surface area contributed by atoms with Gasteiger partial charge in [-0.05, 0) is 42.7 Å². The highest BCUT2D eigenvalue weighted by atomic mass is 16.3. The molecule has 0 aliphatic heterocycles.